The van der Waals surface area contributed by atoms with Gasteiger partial charge in [0, 0.05) is 13.1 Å². The molecule has 19 heavy (non-hydrogen) atoms. The predicted molar refractivity (Wildman–Crippen MR) is 72.9 cm³/mol. The highest BCUT2D eigenvalue weighted by Crippen LogP contribution is 2.32. The quantitative estimate of drug-likeness (QED) is 0.800. The SMILES string of the molecule is COC(=O)c1scc(C)c1S(=O)(=O)N1CCC(C)C1. The summed E-state index contributed by atoms with van der Waals surface area (Å²) < 4.78 is 31.4. The van der Waals surface area contributed by atoms with Gasteiger partial charge in [0.2, 0.25) is 10.0 Å². The van der Waals surface area contributed by atoms with Crippen LogP contribution in [0, 0.1) is 12.8 Å². The third-order valence-corrected chi connectivity index (χ3v) is 6.53. The van der Waals surface area contributed by atoms with Crippen LogP contribution in [0.3, 0.4) is 0 Å². The van der Waals surface area contributed by atoms with E-state index in [1.165, 1.54) is 11.4 Å². The van der Waals surface area contributed by atoms with Gasteiger partial charge in [0.25, 0.3) is 0 Å². The summed E-state index contributed by atoms with van der Waals surface area (Å²) in [4.78, 5) is 12.0. The minimum absolute atomic E-state index is 0.110. The fraction of sp³-hybridized carbons (Fsp3) is 0.583. The lowest BCUT2D eigenvalue weighted by molar-refractivity contribution is 0.0602. The topological polar surface area (TPSA) is 63.7 Å². The molecule has 1 aromatic rings. The summed E-state index contributed by atoms with van der Waals surface area (Å²) in [6.07, 6.45) is 0.857. The van der Waals surface area contributed by atoms with Crippen molar-refractivity contribution in [2.45, 2.75) is 25.2 Å². The van der Waals surface area contributed by atoms with E-state index in [0.29, 0.717) is 24.6 Å². The summed E-state index contributed by atoms with van der Waals surface area (Å²) in [6.45, 7) is 4.75. The Kier molecular flexibility index (Phi) is 3.98. The van der Waals surface area contributed by atoms with Gasteiger partial charge in [-0.05, 0) is 30.2 Å². The Bertz CT molecular complexity index is 591. The second-order valence-electron chi connectivity index (χ2n) is 4.83. The third-order valence-electron chi connectivity index (χ3n) is 3.27. The minimum Gasteiger partial charge on any atom is -0.465 e. The monoisotopic (exact) mass is 303 g/mol. The van der Waals surface area contributed by atoms with Crippen molar-refractivity contribution in [2.75, 3.05) is 20.2 Å². The molecule has 0 bridgehead atoms. The molecular formula is C12H17NO4S2. The van der Waals surface area contributed by atoms with Crippen molar-refractivity contribution in [3.05, 3.63) is 15.8 Å². The summed E-state index contributed by atoms with van der Waals surface area (Å²) in [5.74, 6) is -0.237. The molecule has 1 atom stereocenters. The largest absolute Gasteiger partial charge is 0.465 e. The lowest BCUT2D eigenvalue weighted by Crippen LogP contribution is -2.30. The molecule has 0 N–H and O–H groups in total. The Hall–Kier alpha value is -0.920. The van der Waals surface area contributed by atoms with Gasteiger partial charge in [0.1, 0.15) is 9.77 Å². The van der Waals surface area contributed by atoms with Gasteiger partial charge >= 0.3 is 5.97 Å². The zero-order valence-electron chi connectivity index (χ0n) is 11.2. The van der Waals surface area contributed by atoms with Crippen LogP contribution in [-0.2, 0) is 14.8 Å². The van der Waals surface area contributed by atoms with E-state index >= 15 is 0 Å². The van der Waals surface area contributed by atoms with E-state index in [1.807, 2.05) is 6.92 Å². The Morgan fingerprint density at radius 1 is 1.53 bits per heavy atom. The first-order chi connectivity index (χ1) is 8.87. The zero-order valence-corrected chi connectivity index (χ0v) is 12.8. The molecule has 1 aliphatic heterocycles. The predicted octanol–water partition coefficient (Wildman–Crippen LogP) is 1.87. The summed E-state index contributed by atoms with van der Waals surface area (Å²) >= 11 is 1.11. The van der Waals surface area contributed by atoms with E-state index in [1.54, 1.807) is 12.3 Å². The van der Waals surface area contributed by atoms with Gasteiger partial charge in [-0.15, -0.1) is 11.3 Å². The molecule has 5 nitrogen and oxygen atoms in total. The molecule has 7 heteroatoms. The van der Waals surface area contributed by atoms with Crippen molar-refractivity contribution in [1.82, 2.24) is 4.31 Å². The van der Waals surface area contributed by atoms with E-state index in [0.717, 1.165) is 17.8 Å². The van der Waals surface area contributed by atoms with Crippen LogP contribution in [0.4, 0.5) is 0 Å². The van der Waals surface area contributed by atoms with Crippen molar-refractivity contribution in [1.29, 1.82) is 0 Å². The van der Waals surface area contributed by atoms with Gasteiger partial charge in [-0.25, -0.2) is 13.2 Å². The Labute approximate surface area is 117 Å². The smallest absolute Gasteiger partial charge is 0.349 e. The fourth-order valence-electron chi connectivity index (χ4n) is 2.23. The summed E-state index contributed by atoms with van der Waals surface area (Å²) in [7, 11) is -2.35. The van der Waals surface area contributed by atoms with Crippen molar-refractivity contribution in [3.63, 3.8) is 0 Å². The van der Waals surface area contributed by atoms with E-state index in [-0.39, 0.29) is 9.77 Å². The van der Waals surface area contributed by atoms with Crippen molar-refractivity contribution in [3.8, 4) is 0 Å². The van der Waals surface area contributed by atoms with Crippen LogP contribution in [0.15, 0.2) is 10.3 Å². The summed E-state index contributed by atoms with van der Waals surface area (Å²) in [5.41, 5.74) is 0.602. The van der Waals surface area contributed by atoms with Crippen LogP contribution >= 0.6 is 11.3 Å². The minimum atomic E-state index is -3.60. The molecule has 1 aliphatic rings. The second kappa shape index (κ2) is 5.22. The molecule has 2 heterocycles. The molecule has 0 aliphatic carbocycles. The molecule has 0 radical (unpaired) electrons. The molecule has 106 valence electrons. The number of thiophene rings is 1. The highest BCUT2D eigenvalue weighted by Gasteiger charge is 2.35. The van der Waals surface area contributed by atoms with Crippen LogP contribution in [0.2, 0.25) is 0 Å². The number of rotatable bonds is 3. The number of carbonyl (C=O) groups is 1. The molecule has 1 saturated heterocycles. The average molecular weight is 303 g/mol. The fourth-order valence-corrected chi connectivity index (χ4v) is 5.46. The molecule has 1 fully saturated rings. The van der Waals surface area contributed by atoms with E-state index in [2.05, 4.69) is 4.74 Å². The Morgan fingerprint density at radius 3 is 2.74 bits per heavy atom. The van der Waals surface area contributed by atoms with Crippen molar-refractivity contribution >= 4 is 27.3 Å². The number of hydrogen-bond donors (Lipinski definition) is 0. The van der Waals surface area contributed by atoms with Crippen LogP contribution in [0.25, 0.3) is 0 Å². The molecular weight excluding hydrogens is 286 g/mol. The van der Waals surface area contributed by atoms with Crippen LogP contribution in [-0.4, -0.2) is 38.9 Å². The first-order valence-electron chi connectivity index (χ1n) is 6.04. The van der Waals surface area contributed by atoms with Crippen LogP contribution in [0.5, 0.6) is 0 Å². The number of ether oxygens (including phenoxy) is 1. The molecule has 0 spiro atoms. The third kappa shape index (κ3) is 2.54. The Morgan fingerprint density at radius 2 is 2.21 bits per heavy atom. The molecule has 0 aromatic carbocycles. The lowest BCUT2D eigenvalue weighted by atomic mass is 10.2. The summed E-state index contributed by atoms with van der Waals surface area (Å²) in [5, 5.41) is 1.68. The number of hydrogen-bond acceptors (Lipinski definition) is 5. The number of nitrogens with zero attached hydrogens (tertiary/aromatic N) is 1. The number of sulfonamides is 1. The zero-order chi connectivity index (χ0) is 14.2. The highest BCUT2D eigenvalue weighted by molar-refractivity contribution is 7.89. The number of aryl methyl sites for hydroxylation is 1. The van der Waals surface area contributed by atoms with Gasteiger partial charge < -0.3 is 4.74 Å². The number of carbonyl (C=O) groups excluding carboxylic acids is 1. The highest BCUT2D eigenvalue weighted by atomic mass is 32.2. The molecule has 0 amide bonds. The van der Waals surface area contributed by atoms with Crippen molar-refractivity contribution < 1.29 is 17.9 Å². The first kappa shape index (κ1) is 14.5. The second-order valence-corrected chi connectivity index (χ2v) is 7.58. The first-order valence-corrected chi connectivity index (χ1v) is 8.36. The summed E-state index contributed by atoms with van der Waals surface area (Å²) in [6, 6.07) is 0. The Balaban J connectivity index is 2.46. The average Bonchev–Trinajstić information content (AvgIpc) is 2.95. The maximum atomic E-state index is 12.6. The van der Waals surface area contributed by atoms with Crippen molar-refractivity contribution in [2.24, 2.45) is 5.92 Å². The van der Waals surface area contributed by atoms with Gasteiger partial charge in [-0.1, -0.05) is 6.92 Å². The van der Waals surface area contributed by atoms with Crippen LogP contribution < -0.4 is 0 Å². The number of esters is 1. The van der Waals surface area contributed by atoms with E-state index in [4.69, 9.17) is 0 Å². The molecule has 1 aromatic heterocycles. The number of methoxy groups -OCH3 is 1. The van der Waals surface area contributed by atoms with Gasteiger partial charge in [0.15, 0.2) is 0 Å². The molecule has 2 rings (SSSR count). The van der Waals surface area contributed by atoms with Gasteiger partial charge in [0.05, 0.1) is 7.11 Å². The van der Waals surface area contributed by atoms with Gasteiger partial charge in [-0.3, -0.25) is 0 Å². The lowest BCUT2D eigenvalue weighted by Gasteiger charge is -2.16. The van der Waals surface area contributed by atoms with E-state index in [9.17, 15) is 13.2 Å². The van der Waals surface area contributed by atoms with Crippen LogP contribution in [0.1, 0.15) is 28.6 Å². The molecule has 1 unspecified atom stereocenters. The van der Waals surface area contributed by atoms with E-state index < -0.39 is 16.0 Å². The maximum absolute atomic E-state index is 12.6. The van der Waals surface area contributed by atoms with Gasteiger partial charge in [-0.2, -0.15) is 4.31 Å². The molecule has 0 saturated carbocycles. The maximum Gasteiger partial charge on any atom is 0.349 e. The normalized spacial score (nSPS) is 20.7. The standard InChI is InChI=1S/C12H17NO4S2/c1-8-4-5-13(6-8)19(15,16)11-9(2)7-18-10(11)12(14)17-3/h7-8H,4-6H2,1-3H3.